The molecule has 0 spiro atoms. The van der Waals surface area contributed by atoms with Crippen LogP contribution in [0, 0.1) is 13.8 Å². The van der Waals surface area contributed by atoms with Crippen LogP contribution < -0.4 is 0 Å². The van der Waals surface area contributed by atoms with Gasteiger partial charge in [-0.3, -0.25) is 0 Å². The molecule has 0 aromatic carbocycles. The van der Waals surface area contributed by atoms with E-state index in [1.807, 2.05) is 0 Å². The highest BCUT2D eigenvalue weighted by atomic mass is 32.1. The molecule has 0 aliphatic carbocycles. The van der Waals surface area contributed by atoms with Crippen molar-refractivity contribution in [1.29, 1.82) is 0 Å². The molecule has 68 valence electrons. The first-order chi connectivity index (χ1) is 5.66. The second-order valence-electron chi connectivity index (χ2n) is 3.18. The molecular formula is C10H16OS. The molecule has 1 unspecified atom stereocenters. The summed E-state index contributed by atoms with van der Waals surface area (Å²) in [6, 6.07) is 0. The molecule has 0 aliphatic heterocycles. The van der Waals surface area contributed by atoms with E-state index in [-0.39, 0.29) is 6.10 Å². The van der Waals surface area contributed by atoms with Crippen LogP contribution in [0.5, 0.6) is 0 Å². The van der Waals surface area contributed by atoms with E-state index < -0.39 is 0 Å². The Morgan fingerprint density at radius 1 is 1.50 bits per heavy atom. The smallest absolute Gasteiger partial charge is 0.0800 e. The van der Waals surface area contributed by atoms with E-state index in [2.05, 4.69) is 26.2 Å². The fraction of sp³-hybridized carbons (Fsp3) is 0.600. The van der Waals surface area contributed by atoms with Crippen LogP contribution in [-0.2, 0) is 0 Å². The summed E-state index contributed by atoms with van der Waals surface area (Å²) in [5.74, 6) is 0. The van der Waals surface area contributed by atoms with Crippen molar-refractivity contribution in [3.63, 3.8) is 0 Å². The van der Waals surface area contributed by atoms with Crippen LogP contribution in [0.4, 0.5) is 0 Å². The number of thiophene rings is 1. The highest BCUT2D eigenvalue weighted by molar-refractivity contribution is 7.10. The first-order valence-electron chi connectivity index (χ1n) is 4.39. The molecule has 2 heteroatoms. The first kappa shape index (κ1) is 9.75. The molecule has 0 saturated carbocycles. The molecule has 1 N–H and O–H groups in total. The highest BCUT2D eigenvalue weighted by Gasteiger charge is 2.11. The van der Waals surface area contributed by atoms with Crippen molar-refractivity contribution in [2.75, 3.05) is 0 Å². The molecular weight excluding hydrogens is 168 g/mol. The summed E-state index contributed by atoms with van der Waals surface area (Å²) in [5.41, 5.74) is 2.39. The Kier molecular flexibility index (Phi) is 3.29. The Labute approximate surface area is 78.1 Å². The summed E-state index contributed by atoms with van der Waals surface area (Å²) in [5, 5.41) is 11.8. The standard InChI is InChI=1S/C10H16OS/c1-4-5-10(11)9-6-12-8(3)7(9)2/h6,10-11H,4-5H2,1-3H3. The van der Waals surface area contributed by atoms with Gasteiger partial charge in [0.05, 0.1) is 6.10 Å². The van der Waals surface area contributed by atoms with Crippen molar-refractivity contribution < 1.29 is 5.11 Å². The zero-order chi connectivity index (χ0) is 9.14. The van der Waals surface area contributed by atoms with Gasteiger partial charge < -0.3 is 5.11 Å². The Morgan fingerprint density at radius 2 is 2.17 bits per heavy atom. The van der Waals surface area contributed by atoms with Crippen LogP contribution in [0.15, 0.2) is 5.38 Å². The molecule has 0 amide bonds. The molecule has 1 aromatic rings. The summed E-state index contributed by atoms with van der Waals surface area (Å²) in [7, 11) is 0. The number of hydrogen-bond donors (Lipinski definition) is 1. The van der Waals surface area contributed by atoms with Gasteiger partial charge in [0.1, 0.15) is 0 Å². The average Bonchev–Trinajstić information content (AvgIpc) is 2.34. The number of rotatable bonds is 3. The van der Waals surface area contributed by atoms with E-state index in [1.165, 1.54) is 10.4 Å². The van der Waals surface area contributed by atoms with Gasteiger partial charge in [-0.15, -0.1) is 11.3 Å². The maximum atomic E-state index is 9.72. The topological polar surface area (TPSA) is 20.2 Å². The molecule has 1 aromatic heterocycles. The van der Waals surface area contributed by atoms with Crippen molar-refractivity contribution in [1.82, 2.24) is 0 Å². The summed E-state index contributed by atoms with van der Waals surface area (Å²) in [4.78, 5) is 1.32. The normalized spacial score (nSPS) is 13.3. The van der Waals surface area contributed by atoms with E-state index >= 15 is 0 Å². The van der Waals surface area contributed by atoms with Gasteiger partial charge in [-0.2, -0.15) is 0 Å². The minimum atomic E-state index is -0.250. The molecule has 0 aliphatic rings. The summed E-state index contributed by atoms with van der Waals surface area (Å²) < 4.78 is 0. The summed E-state index contributed by atoms with van der Waals surface area (Å²) in [6.45, 7) is 6.28. The van der Waals surface area contributed by atoms with E-state index in [9.17, 15) is 5.11 Å². The Morgan fingerprint density at radius 3 is 2.58 bits per heavy atom. The highest BCUT2D eigenvalue weighted by Crippen LogP contribution is 2.28. The largest absolute Gasteiger partial charge is 0.388 e. The second kappa shape index (κ2) is 4.06. The Bertz CT molecular complexity index is 252. The number of aliphatic hydroxyl groups is 1. The molecule has 1 nitrogen and oxygen atoms in total. The maximum absolute atomic E-state index is 9.72. The van der Waals surface area contributed by atoms with Crippen molar-refractivity contribution in [2.24, 2.45) is 0 Å². The molecule has 0 fully saturated rings. The molecule has 0 radical (unpaired) electrons. The summed E-state index contributed by atoms with van der Waals surface area (Å²) >= 11 is 1.73. The molecule has 1 rings (SSSR count). The fourth-order valence-electron chi connectivity index (χ4n) is 1.29. The van der Waals surface area contributed by atoms with E-state index in [0.717, 1.165) is 18.4 Å². The Balaban J connectivity index is 2.80. The predicted octanol–water partition coefficient (Wildman–Crippen LogP) is 3.20. The third-order valence-electron chi connectivity index (χ3n) is 2.24. The molecule has 0 saturated heterocycles. The predicted molar refractivity (Wildman–Crippen MR) is 53.7 cm³/mol. The van der Waals surface area contributed by atoms with Crippen LogP contribution in [0.1, 0.15) is 41.9 Å². The SMILES string of the molecule is CCCC(O)c1csc(C)c1C. The zero-order valence-electron chi connectivity index (χ0n) is 7.92. The number of aliphatic hydroxyl groups excluding tert-OH is 1. The van der Waals surface area contributed by atoms with Crippen LogP contribution in [0.3, 0.4) is 0 Å². The molecule has 1 heterocycles. The lowest BCUT2D eigenvalue weighted by Gasteiger charge is -2.08. The minimum Gasteiger partial charge on any atom is -0.388 e. The summed E-state index contributed by atoms with van der Waals surface area (Å²) in [6.07, 6.45) is 1.66. The van der Waals surface area contributed by atoms with Crippen LogP contribution >= 0.6 is 11.3 Å². The van der Waals surface area contributed by atoms with Gasteiger partial charge in [0.25, 0.3) is 0 Å². The van der Waals surface area contributed by atoms with Gasteiger partial charge >= 0.3 is 0 Å². The van der Waals surface area contributed by atoms with Gasteiger partial charge in [0, 0.05) is 4.88 Å². The van der Waals surface area contributed by atoms with E-state index in [4.69, 9.17) is 0 Å². The molecule has 0 bridgehead atoms. The third kappa shape index (κ3) is 1.87. The fourth-order valence-corrected chi connectivity index (χ4v) is 2.22. The Hall–Kier alpha value is -0.340. The second-order valence-corrected chi connectivity index (χ2v) is 4.26. The van der Waals surface area contributed by atoms with Crippen LogP contribution in [0.25, 0.3) is 0 Å². The van der Waals surface area contributed by atoms with E-state index in [1.54, 1.807) is 11.3 Å². The first-order valence-corrected chi connectivity index (χ1v) is 5.27. The van der Waals surface area contributed by atoms with Gasteiger partial charge in [-0.1, -0.05) is 13.3 Å². The molecule has 1 atom stereocenters. The lowest BCUT2D eigenvalue weighted by Crippen LogP contribution is -1.96. The van der Waals surface area contributed by atoms with E-state index in [0.29, 0.717) is 0 Å². The average molecular weight is 184 g/mol. The van der Waals surface area contributed by atoms with Crippen molar-refractivity contribution in [3.05, 3.63) is 21.4 Å². The van der Waals surface area contributed by atoms with Crippen molar-refractivity contribution >= 4 is 11.3 Å². The zero-order valence-corrected chi connectivity index (χ0v) is 8.74. The lowest BCUT2D eigenvalue weighted by atomic mass is 10.0. The van der Waals surface area contributed by atoms with Gasteiger partial charge in [0.2, 0.25) is 0 Å². The van der Waals surface area contributed by atoms with Gasteiger partial charge in [0.15, 0.2) is 0 Å². The lowest BCUT2D eigenvalue weighted by molar-refractivity contribution is 0.166. The van der Waals surface area contributed by atoms with Crippen molar-refractivity contribution in [3.8, 4) is 0 Å². The third-order valence-corrected chi connectivity index (χ3v) is 3.28. The van der Waals surface area contributed by atoms with Crippen molar-refractivity contribution in [2.45, 2.75) is 39.7 Å². The molecule has 12 heavy (non-hydrogen) atoms. The van der Waals surface area contributed by atoms with Gasteiger partial charge in [-0.25, -0.2) is 0 Å². The van der Waals surface area contributed by atoms with Crippen LogP contribution in [-0.4, -0.2) is 5.11 Å². The van der Waals surface area contributed by atoms with Gasteiger partial charge in [-0.05, 0) is 36.8 Å². The quantitative estimate of drug-likeness (QED) is 0.765. The van der Waals surface area contributed by atoms with Crippen LogP contribution in [0.2, 0.25) is 0 Å². The maximum Gasteiger partial charge on any atom is 0.0800 e. The minimum absolute atomic E-state index is 0.250. The number of aryl methyl sites for hydroxylation is 1. The number of hydrogen-bond acceptors (Lipinski definition) is 2. The monoisotopic (exact) mass is 184 g/mol.